The molecule has 0 fully saturated rings. The molecule has 0 spiro atoms. The van der Waals surface area contributed by atoms with Crippen LogP contribution in [0, 0.1) is 18.3 Å². The third kappa shape index (κ3) is 3.71. The summed E-state index contributed by atoms with van der Waals surface area (Å²) in [5, 5.41) is 15.7. The summed E-state index contributed by atoms with van der Waals surface area (Å²) >= 11 is 3.68. The quantitative estimate of drug-likeness (QED) is 0.377. The van der Waals surface area contributed by atoms with Crippen molar-refractivity contribution in [1.82, 2.24) is 14.3 Å². The van der Waals surface area contributed by atoms with Gasteiger partial charge in [0, 0.05) is 27.6 Å². The zero-order valence-corrected chi connectivity index (χ0v) is 18.8. The second-order valence-corrected chi connectivity index (χ2v) is 9.15. The summed E-state index contributed by atoms with van der Waals surface area (Å²) < 4.78 is 9.93. The molecule has 2 aromatic heterocycles. The van der Waals surface area contributed by atoms with Crippen molar-refractivity contribution in [2.45, 2.75) is 39.8 Å². The number of carbonyl (C=O) groups is 1. The van der Waals surface area contributed by atoms with Crippen molar-refractivity contribution in [1.29, 1.82) is 5.26 Å². The number of halogens is 1. The lowest BCUT2D eigenvalue weighted by molar-refractivity contribution is 0.0544. The van der Waals surface area contributed by atoms with Gasteiger partial charge in [-0.3, -0.25) is 9.25 Å². The predicted molar refractivity (Wildman–Crippen MR) is 120 cm³/mol. The van der Waals surface area contributed by atoms with Crippen molar-refractivity contribution < 1.29 is 9.53 Å². The molecule has 0 unspecified atom stereocenters. The smallest absolute Gasteiger partial charge is 0.419 e. The van der Waals surface area contributed by atoms with Gasteiger partial charge in [-0.05, 0) is 69.2 Å². The maximum atomic E-state index is 12.7. The molecule has 30 heavy (non-hydrogen) atoms. The molecule has 0 aliphatic carbocycles. The van der Waals surface area contributed by atoms with Crippen molar-refractivity contribution in [3.8, 4) is 6.07 Å². The van der Waals surface area contributed by atoms with Gasteiger partial charge >= 0.3 is 6.09 Å². The number of ether oxygens (including phenoxy) is 1. The van der Waals surface area contributed by atoms with Gasteiger partial charge in [0.25, 0.3) is 0 Å². The highest BCUT2D eigenvalue weighted by molar-refractivity contribution is 9.10. The molecule has 0 saturated heterocycles. The van der Waals surface area contributed by atoms with Gasteiger partial charge in [-0.2, -0.15) is 10.4 Å². The average Bonchev–Trinajstić information content (AvgIpc) is 3.27. The lowest BCUT2D eigenvalue weighted by atomic mass is 10.1. The zero-order valence-electron chi connectivity index (χ0n) is 17.2. The highest BCUT2D eigenvalue weighted by Crippen LogP contribution is 2.32. The van der Waals surface area contributed by atoms with E-state index in [-0.39, 0.29) is 0 Å². The second-order valence-electron chi connectivity index (χ2n) is 8.29. The number of hydrogen-bond donors (Lipinski definition) is 0. The molecule has 152 valence electrons. The SMILES string of the molecule is Cc1cc(Br)c(Cn2cc3ccc(C#N)cc3n2)c2ccn(C(=O)OC(C)(C)C)c12. The van der Waals surface area contributed by atoms with Crippen LogP contribution in [0.2, 0.25) is 0 Å². The van der Waals surface area contributed by atoms with E-state index in [0.29, 0.717) is 12.1 Å². The van der Waals surface area contributed by atoms with Crippen LogP contribution in [0.5, 0.6) is 0 Å². The van der Waals surface area contributed by atoms with Crippen LogP contribution in [0.3, 0.4) is 0 Å². The Balaban J connectivity index is 1.78. The molecule has 0 radical (unpaired) electrons. The third-order valence-electron chi connectivity index (χ3n) is 4.81. The van der Waals surface area contributed by atoms with Crippen molar-refractivity contribution in [2.24, 2.45) is 0 Å². The van der Waals surface area contributed by atoms with Crippen LogP contribution >= 0.6 is 15.9 Å². The Kier molecular flexibility index (Phi) is 4.91. The number of hydrogen-bond acceptors (Lipinski definition) is 4. The Labute approximate surface area is 182 Å². The molecule has 4 rings (SSSR count). The Morgan fingerprint density at radius 3 is 2.73 bits per heavy atom. The van der Waals surface area contributed by atoms with Crippen LogP contribution in [0.15, 0.2) is 47.2 Å². The van der Waals surface area contributed by atoms with Gasteiger partial charge in [-0.15, -0.1) is 0 Å². The number of rotatable bonds is 2. The molecule has 4 aromatic rings. The maximum absolute atomic E-state index is 12.7. The first-order chi connectivity index (χ1) is 14.2. The molecule has 0 N–H and O–H groups in total. The first kappa shape index (κ1) is 20.2. The van der Waals surface area contributed by atoms with Crippen LogP contribution in [0.4, 0.5) is 4.79 Å². The minimum absolute atomic E-state index is 0.400. The highest BCUT2D eigenvalue weighted by atomic mass is 79.9. The van der Waals surface area contributed by atoms with E-state index < -0.39 is 11.7 Å². The topological polar surface area (TPSA) is 72.8 Å². The number of aryl methyl sites for hydroxylation is 1. The van der Waals surface area contributed by atoms with Gasteiger partial charge in [-0.1, -0.05) is 15.9 Å². The maximum Gasteiger partial charge on any atom is 0.419 e. The molecule has 0 aliphatic heterocycles. The fourth-order valence-electron chi connectivity index (χ4n) is 3.56. The van der Waals surface area contributed by atoms with Gasteiger partial charge in [0.05, 0.1) is 29.2 Å². The van der Waals surface area contributed by atoms with Crippen LogP contribution in [0.25, 0.3) is 21.8 Å². The Morgan fingerprint density at radius 1 is 1.27 bits per heavy atom. The summed E-state index contributed by atoms with van der Waals surface area (Å²) in [6, 6.07) is 11.6. The number of carbonyl (C=O) groups excluding carboxylic acids is 1. The monoisotopic (exact) mass is 464 g/mol. The van der Waals surface area contributed by atoms with E-state index in [2.05, 4.69) is 27.1 Å². The molecule has 0 saturated carbocycles. The van der Waals surface area contributed by atoms with Crippen LogP contribution in [0.1, 0.15) is 37.5 Å². The first-order valence-corrected chi connectivity index (χ1v) is 10.4. The van der Waals surface area contributed by atoms with Gasteiger partial charge in [0.15, 0.2) is 0 Å². The van der Waals surface area contributed by atoms with Crippen molar-refractivity contribution >= 4 is 43.8 Å². The molecule has 0 amide bonds. The van der Waals surface area contributed by atoms with E-state index >= 15 is 0 Å². The molecule has 6 nitrogen and oxygen atoms in total. The largest absolute Gasteiger partial charge is 0.443 e. The number of aromatic nitrogens is 3. The van der Waals surface area contributed by atoms with E-state index in [0.717, 1.165) is 37.4 Å². The molecule has 0 atom stereocenters. The summed E-state index contributed by atoms with van der Waals surface area (Å²) in [5.74, 6) is 0. The van der Waals surface area contributed by atoms with E-state index in [1.54, 1.807) is 22.9 Å². The molecule has 7 heteroatoms. The van der Waals surface area contributed by atoms with Gasteiger partial charge < -0.3 is 4.74 Å². The number of fused-ring (bicyclic) bond motifs is 2. The van der Waals surface area contributed by atoms with Gasteiger partial charge in [-0.25, -0.2) is 4.79 Å². The average molecular weight is 465 g/mol. The summed E-state index contributed by atoms with van der Waals surface area (Å²) in [5.41, 5.74) is 3.61. The lowest BCUT2D eigenvalue weighted by Gasteiger charge is -2.20. The van der Waals surface area contributed by atoms with Crippen LogP contribution in [-0.2, 0) is 11.3 Å². The Bertz CT molecular complexity index is 1340. The second kappa shape index (κ2) is 7.29. The molecular weight excluding hydrogens is 444 g/mol. The van der Waals surface area contributed by atoms with E-state index in [1.807, 2.05) is 56.8 Å². The van der Waals surface area contributed by atoms with Crippen LogP contribution < -0.4 is 0 Å². The van der Waals surface area contributed by atoms with Crippen molar-refractivity contribution in [3.63, 3.8) is 0 Å². The van der Waals surface area contributed by atoms with E-state index in [4.69, 9.17) is 10.00 Å². The first-order valence-electron chi connectivity index (χ1n) is 9.56. The summed E-state index contributed by atoms with van der Waals surface area (Å²) in [6.45, 7) is 8.05. The minimum atomic E-state index is -0.572. The third-order valence-corrected chi connectivity index (χ3v) is 5.52. The predicted octanol–water partition coefficient (Wildman–Crippen LogP) is 5.77. The molecule has 0 aliphatic rings. The summed E-state index contributed by atoms with van der Waals surface area (Å²) in [4.78, 5) is 12.7. The number of nitriles is 1. The van der Waals surface area contributed by atoms with Crippen molar-refractivity contribution in [3.05, 3.63) is 63.9 Å². The fourth-order valence-corrected chi connectivity index (χ4v) is 4.24. The van der Waals surface area contributed by atoms with E-state index in [1.165, 1.54) is 0 Å². The molecule has 2 heterocycles. The van der Waals surface area contributed by atoms with E-state index in [9.17, 15) is 4.79 Å². The minimum Gasteiger partial charge on any atom is -0.443 e. The summed E-state index contributed by atoms with van der Waals surface area (Å²) in [7, 11) is 0. The summed E-state index contributed by atoms with van der Waals surface area (Å²) in [6.07, 6.45) is 3.31. The van der Waals surface area contributed by atoms with Gasteiger partial charge in [0.1, 0.15) is 5.60 Å². The Morgan fingerprint density at radius 2 is 2.03 bits per heavy atom. The van der Waals surface area contributed by atoms with Gasteiger partial charge in [0.2, 0.25) is 0 Å². The Hall–Kier alpha value is -3.11. The standard InChI is InChI=1S/C23H21BrN4O2/c1-14-9-19(24)18(13-27-12-16-6-5-15(11-25)10-20(16)26-27)17-7-8-28(21(14)17)22(29)30-23(2,3)4/h5-10,12H,13H2,1-4H3. The molecular formula is C23H21BrN4O2. The lowest BCUT2D eigenvalue weighted by Crippen LogP contribution is -2.26. The van der Waals surface area contributed by atoms with Crippen LogP contribution in [-0.4, -0.2) is 26.0 Å². The van der Waals surface area contributed by atoms with Crippen molar-refractivity contribution in [2.75, 3.05) is 0 Å². The number of nitrogens with zero attached hydrogens (tertiary/aromatic N) is 4. The fraction of sp³-hybridized carbons (Fsp3) is 0.261. The molecule has 0 bridgehead atoms. The number of benzene rings is 2. The highest BCUT2D eigenvalue weighted by Gasteiger charge is 2.21. The molecule has 2 aromatic carbocycles. The zero-order chi connectivity index (χ0) is 21.6. The normalized spacial score (nSPS) is 11.7.